The van der Waals surface area contributed by atoms with Gasteiger partial charge in [0.1, 0.15) is 0 Å². The van der Waals surface area contributed by atoms with Crippen molar-refractivity contribution < 1.29 is 26.3 Å². The standard InChI is InChI=1S/C55H53F6N3/c1-50(2,3)32-14-19-44-39(24-32)40-25-33(51(4,5)6)15-20-45(40)63(44)48-23-31(30-62)38(37-18-13-36(54(56,57)58)28-43(37)55(59,60)61)29-49(48)64-46-21-16-34(52(7,8)9)26-41(46)42-27-35(53(10,11)12)17-22-47(42)64/h13-29H,1-12H3. The highest BCUT2D eigenvalue weighted by Gasteiger charge is 2.39. The van der Waals surface area contributed by atoms with E-state index in [-0.39, 0.29) is 38.9 Å². The highest BCUT2D eigenvalue weighted by atomic mass is 19.4. The SMILES string of the molecule is CC(C)(C)c1ccc2c(c1)c1cc(C(C)(C)C)ccc1n2-c1cc(C#N)c(-c2ccc(C(F)(F)F)cc2C(F)(F)F)cc1-n1c2ccc(C(C)(C)C)cc2c2cc(C(C)(C)C)ccc21. The zero-order valence-electron chi connectivity index (χ0n) is 38.4. The number of halogens is 6. The molecular formula is C55H53F6N3. The minimum atomic E-state index is -5.18. The summed E-state index contributed by atoms with van der Waals surface area (Å²) in [5.74, 6) is 0. The molecule has 0 aliphatic carbocycles. The van der Waals surface area contributed by atoms with Crippen LogP contribution in [0.1, 0.15) is 122 Å². The molecule has 6 aromatic carbocycles. The number of fused-ring (bicyclic) bond motifs is 6. The molecule has 64 heavy (non-hydrogen) atoms. The lowest BCUT2D eigenvalue weighted by atomic mass is 9.85. The topological polar surface area (TPSA) is 33.6 Å². The lowest BCUT2D eigenvalue weighted by Gasteiger charge is -2.23. The van der Waals surface area contributed by atoms with Crippen LogP contribution in [0.4, 0.5) is 26.3 Å². The minimum absolute atomic E-state index is 0.123. The van der Waals surface area contributed by atoms with Crippen molar-refractivity contribution in [3.63, 3.8) is 0 Å². The van der Waals surface area contributed by atoms with Gasteiger partial charge < -0.3 is 9.13 Å². The van der Waals surface area contributed by atoms with Crippen molar-refractivity contribution >= 4 is 43.6 Å². The first kappa shape index (κ1) is 44.6. The molecule has 0 aliphatic heterocycles. The second kappa shape index (κ2) is 14.5. The van der Waals surface area contributed by atoms with Gasteiger partial charge in [-0.3, -0.25) is 0 Å². The maximum absolute atomic E-state index is 15.0. The summed E-state index contributed by atoms with van der Waals surface area (Å²) in [5.41, 5.74) is 4.07. The molecule has 9 heteroatoms. The van der Waals surface area contributed by atoms with Crippen LogP contribution in [0.5, 0.6) is 0 Å². The van der Waals surface area contributed by atoms with E-state index in [9.17, 15) is 18.4 Å². The van der Waals surface area contributed by atoms with Crippen LogP contribution in [0, 0.1) is 11.3 Å². The lowest BCUT2D eigenvalue weighted by molar-refractivity contribution is -0.142. The van der Waals surface area contributed by atoms with Crippen molar-refractivity contribution in [3.8, 4) is 28.6 Å². The van der Waals surface area contributed by atoms with E-state index in [0.717, 1.165) is 71.9 Å². The molecule has 330 valence electrons. The van der Waals surface area contributed by atoms with Gasteiger partial charge in [0.25, 0.3) is 0 Å². The predicted molar refractivity (Wildman–Crippen MR) is 250 cm³/mol. The van der Waals surface area contributed by atoms with Crippen LogP contribution in [0.2, 0.25) is 0 Å². The van der Waals surface area contributed by atoms with E-state index < -0.39 is 29.0 Å². The molecule has 0 bridgehead atoms. The van der Waals surface area contributed by atoms with E-state index in [1.165, 1.54) is 0 Å². The smallest absolute Gasteiger partial charge is 0.307 e. The number of aromatic nitrogens is 2. The van der Waals surface area contributed by atoms with Crippen molar-refractivity contribution in [1.82, 2.24) is 9.13 Å². The largest absolute Gasteiger partial charge is 0.417 e. The summed E-state index contributed by atoms with van der Waals surface area (Å²) in [4.78, 5) is 0. The van der Waals surface area contributed by atoms with Crippen LogP contribution < -0.4 is 0 Å². The van der Waals surface area contributed by atoms with E-state index in [4.69, 9.17) is 0 Å². The van der Waals surface area contributed by atoms with E-state index in [0.29, 0.717) is 17.4 Å². The molecule has 0 atom stereocenters. The molecule has 8 aromatic rings. The van der Waals surface area contributed by atoms with Gasteiger partial charge in [0.2, 0.25) is 0 Å². The zero-order chi connectivity index (χ0) is 46.9. The summed E-state index contributed by atoms with van der Waals surface area (Å²) < 4.78 is 91.2. The maximum atomic E-state index is 15.0. The number of benzene rings is 6. The van der Waals surface area contributed by atoms with Crippen LogP contribution in [0.3, 0.4) is 0 Å². The van der Waals surface area contributed by atoms with Gasteiger partial charge in [-0.05, 0) is 122 Å². The number of alkyl halides is 6. The lowest BCUT2D eigenvalue weighted by Crippen LogP contribution is -2.13. The highest BCUT2D eigenvalue weighted by Crippen LogP contribution is 2.47. The monoisotopic (exact) mass is 869 g/mol. The third-order valence-electron chi connectivity index (χ3n) is 12.7. The van der Waals surface area contributed by atoms with Crippen molar-refractivity contribution in [3.05, 3.63) is 142 Å². The normalized spacial score (nSPS) is 13.5. The number of rotatable bonds is 3. The Morgan fingerprint density at radius 3 is 1.00 bits per heavy atom. The van der Waals surface area contributed by atoms with E-state index in [1.54, 1.807) is 12.1 Å². The summed E-state index contributed by atoms with van der Waals surface area (Å²) >= 11 is 0. The van der Waals surface area contributed by atoms with Crippen LogP contribution in [0.15, 0.2) is 103 Å². The summed E-state index contributed by atoms with van der Waals surface area (Å²) in [5, 5.41) is 14.7. The van der Waals surface area contributed by atoms with Gasteiger partial charge in [-0.25, -0.2) is 0 Å². The first-order valence-corrected chi connectivity index (χ1v) is 21.5. The Balaban J connectivity index is 1.60. The van der Waals surface area contributed by atoms with Crippen LogP contribution >= 0.6 is 0 Å². The fourth-order valence-electron chi connectivity index (χ4n) is 8.87. The average molecular weight is 870 g/mol. The van der Waals surface area contributed by atoms with E-state index >= 15 is 13.2 Å². The van der Waals surface area contributed by atoms with Gasteiger partial charge in [0.15, 0.2) is 0 Å². The summed E-state index contributed by atoms with van der Waals surface area (Å²) in [6.07, 6.45) is -10.2. The van der Waals surface area contributed by atoms with Gasteiger partial charge in [0, 0.05) is 27.1 Å². The Hall–Kier alpha value is -6.01. The molecule has 0 saturated carbocycles. The summed E-state index contributed by atoms with van der Waals surface area (Å²) in [6.45, 7) is 25.7. The average Bonchev–Trinajstić information content (AvgIpc) is 3.69. The molecule has 0 spiro atoms. The number of hydrogen-bond acceptors (Lipinski definition) is 1. The molecule has 0 unspecified atom stereocenters. The quantitative estimate of drug-likeness (QED) is 0.163. The molecule has 0 radical (unpaired) electrons. The van der Waals surface area contributed by atoms with Gasteiger partial charge in [-0.2, -0.15) is 31.6 Å². The number of nitriles is 1. The highest BCUT2D eigenvalue weighted by molar-refractivity contribution is 6.12. The zero-order valence-corrected chi connectivity index (χ0v) is 38.4. The Morgan fingerprint density at radius 1 is 0.375 bits per heavy atom. The predicted octanol–water partition coefficient (Wildman–Crippen LogP) is 16.6. The van der Waals surface area contributed by atoms with Crippen molar-refractivity contribution in [2.45, 2.75) is 117 Å². The number of hydrogen-bond donors (Lipinski definition) is 0. The molecule has 0 fully saturated rings. The van der Waals surface area contributed by atoms with Crippen molar-refractivity contribution in [2.24, 2.45) is 0 Å². The summed E-state index contributed by atoms with van der Waals surface area (Å²) in [7, 11) is 0. The van der Waals surface area contributed by atoms with Crippen LogP contribution in [-0.2, 0) is 34.0 Å². The molecule has 0 amide bonds. The van der Waals surface area contributed by atoms with Gasteiger partial charge in [0.05, 0.1) is 56.2 Å². The third kappa shape index (κ3) is 7.63. The first-order chi connectivity index (χ1) is 29.5. The molecule has 3 nitrogen and oxygen atoms in total. The van der Waals surface area contributed by atoms with Crippen LogP contribution in [0.25, 0.3) is 66.1 Å². The maximum Gasteiger partial charge on any atom is 0.417 e. The number of nitrogens with zero attached hydrogens (tertiary/aromatic N) is 3. The first-order valence-electron chi connectivity index (χ1n) is 21.5. The molecule has 0 aliphatic rings. The van der Waals surface area contributed by atoms with Crippen molar-refractivity contribution in [2.75, 3.05) is 0 Å². The minimum Gasteiger partial charge on any atom is -0.307 e. The molecule has 2 heterocycles. The molecule has 0 N–H and O–H groups in total. The Kier molecular flexibility index (Phi) is 10.1. The van der Waals surface area contributed by atoms with Gasteiger partial charge >= 0.3 is 12.4 Å². The fourth-order valence-corrected chi connectivity index (χ4v) is 8.87. The van der Waals surface area contributed by atoms with Gasteiger partial charge in [-0.15, -0.1) is 0 Å². The Labute approximate surface area is 370 Å². The molecular weight excluding hydrogens is 817 g/mol. The van der Waals surface area contributed by atoms with E-state index in [2.05, 4.69) is 154 Å². The fraction of sp³-hybridized carbons (Fsp3) is 0.327. The third-order valence-corrected chi connectivity index (χ3v) is 12.7. The molecule has 8 rings (SSSR count). The summed E-state index contributed by atoms with van der Waals surface area (Å²) in [6, 6.07) is 32.2. The van der Waals surface area contributed by atoms with Crippen LogP contribution in [-0.4, -0.2) is 9.13 Å². The van der Waals surface area contributed by atoms with Gasteiger partial charge in [-0.1, -0.05) is 113 Å². The van der Waals surface area contributed by atoms with Crippen molar-refractivity contribution in [1.29, 1.82) is 5.26 Å². The van der Waals surface area contributed by atoms with E-state index in [1.807, 2.05) is 16.7 Å². The Morgan fingerprint density at radius 2 is 0.703 bits per heavy atom. The second-order valence-electron chi connectivity index (χ2n) is 21.4. The molecule has 0 saturated heterocycles. The molecule has 2 aromatic heterocycles. The Bertz CT molecular complexity index is 3090. The second-order valence-corrected chi connectivity index (χ2v) is 21.4.